The maximum Gasteiger partial charge on any atom is 0.423 e. The molecule has 1 saturated carbocycles. The van der Waals surface area contributed by atoms with Crippen LogP contribution in [0, 0.1) is 10.1 Å². The lowest BCUT2D eigenvalue weighted by molar-refractivity contribution is -0.388. The van der Waals surface area contributed by atoms with E-state index < -0.39 is 22.4 Å². The summed E-state index contributed by atoms with van der Waals surface area (Å²) in [6, 6.07) is 11.1. The van der Waals surface area contributed by atoms with Gasteiger partial charge in [-0.2, -0.15) is 13.2 Å². The fourth-order valence-electron chi connectivity index (χ4n) is 5.81. The highest BCUT2D eigenvalue weighted by atomic mass is 35.5. The van der Waals surface area contributed by atoms with Gasteiger partial charge >= 0.3 is 6.18 Å². The summed E-state index contributed by atoms with van der Waals surface area (Å²) < 4.78 is 45.7. The van der Waals surface area contributed by atoms with Crippen molar-refractivity contribution in [1.82, 2.24) is 4.90 Å². The summed E-state index contributed by atoms with van der Waals surface area (Å²) in [5, 5.41) is 14.7. The third-order valence-electron chi connectivity index (χ3n) is 7.71. The number of anilines is 2. The summed E-state index contributed by atoms with van der Waals surface area (Å²) in [5.74, 6) is -0.0148. The van der Waals surface area contributed by atoms with E-state index in [-0.39, 0.29) is 42.4 Å². The fraction of sp³-hybridized carbons (Fsp3) is 0.500. The van der Waals surface area contributed by atoms with Crippen LogP contribution in [-0.4, -0.2) is 59.7 Å². The number of fused-ring (bicyclic) bond motifs is 2. The molecule has 3 aliphatic rings. The number of rotatable bonds is 7. The lowest BCUT2D eigenvalue weighted by atomic mass is 9.92. The van der Waals surface area contributed by atoms with E-state index in [4.69, 9.17) is 16.3 Å². The molecule has 1 N–H and O–H groups in total. The lowest BCUT2D eigenvalue weighted by Crippen LogP contribution is -2.50. The second kappa shape index (κ2) is 10.6. The van der Waals surface area contributed by atoms with Gasteiger partial charge in [-0.05, 0) is 68.5 Å². The van der Waals surface area contributed by atoms with Crippen LogP contribution >= 0.6 is 11.6 Å². The van der Waals surface area contributed by atoms with Gasteiger partial charge in [-0.3, -0.25) is 14.9 Å². The molecule has 12 heteroatoms. The number of ether oxygens (including phenoxy) is 1. The van der Waals surface area contributed by atoms with Crippen LogP contribution in [0.1, 0.15) is 37.7 Å². The van der Waals surface area contributed by atoms with E-state index >= 15 is 0 Å². The van der Waals surface area contributed by atoms with Crippen LogP contribution in [0.2, 0.25) is 5.02 Å². The van der Waals surface area contributed by atoms with E-state index in [1.165, 1.54) is 6.07 Å². The van der Waals surface area contributed by atoms with Gasteiger partial charge in [0, 0.05) is 47.6 Å². The smallest absolute Gasteiger partial charge is 0.382 e. The number of carbonyl (C=O) groups excluding carboxylic acids is 1. The van der Waals surface area contributed by atoms with Crippen molar-refractivity contribution in [3.63, 3.8) is 0 Å². The van der Waals surface area contributed by atoms with Gasteiger partial charge in [-0.1, -0.05) is 11.6 Å². The number of benzene rings is 2. The van der Waals surface area contributed by atoms with Gasteiger partial charge in [0.1, 0.15) is 12.2 Å². The van der Waals surface area contributed by atoms with Gasteiger partial charge in [0.15, 0.2) is 0 Å². The highest BCUT2D eigenvalue weighted by molar-refractivity contribution is 6.30. The molecule has 2 aromatic carbocycles. The minimum absolute atomic E-state index is 0.0148. The number of alkyl halides is 3. The molecule has 8 nitrogen and oxygen atoms in total. The average molecular weight is 553 g/mol. The second-order valence-electron chi connectivity index (χ2n) is 10.1. The highest BCUT2D eigenvalue weighted by Gasteiger charge is 2.45. The summed E-state index contributed by atoms with van der Waals surface area (Å²) in [6.07, 6.45) is -1.33. The molecule has 3 fully saturated rings. The Balaban J connectivity index is 1.07. The number of amides is 1. The third kappa shape index (κ3) is 5.68. The number of likely N-dealkylation sites (tertiary alicyclic amines) is 1. The van der Waals surface area contributed by atoms with E-state index in [2.05, 4.69) is 10.2 Å². The van der Waals surface area contributed by atoms with E-state index in [1.807, 2.05) is 29.2 Å². The molecule has 1 amide bonds. The second-order valence-corrected chi connectivity index (χ2v) is 10.6. The predicted molar refractivity (Wildman–Crippen MR) is 136 cm³/mol. The maximum atomic E-state index is 13.3. The Labute approximate surface area is 222 Å². The molecular formula is C26H28ClF3N4O4. The van der Waals surface area contributed by atoms with Crippen molar-refractivity contribution >= 4 is 34.6 Å². The lowest BCUT2D eigenvalue weighted by Gasteiger charge is -2.36. The first-order valence-electron chi connectivity index (χ1n) is 12.6. The Morgan fingerprint density at radius 3 is 2.39 bits per heavy atom. The van der Waals surface area contributed by atoms with Crippen LogP contribution < -0.4 is 10.2 Å². The summed E-state index contributed by atoms with van der Waals surface area (Å²) in [5.41, 5.74) is -0.929. The van der Waals surface area contributed by atoms with E-state index in [0.717, 1.165) is 30.8 Å². The normalized spacial score (nSPS) is 25.1. The summed E-state index contributed by atoms with van der Waals surface area (Å²) >= 11 is 5.99. The summed E-state index contributed by atoms with van der Waals surface area (Å²) in [7, 11) is 0. The van der Waals surface area contributed by atoms with Gasteiger partial charge in [0.25, 0.3) is 5.69 Å². The first-order valence-corrected chi connectivity index (χ1v) is 13.0. The van der Waals surface area contributed by atoms with Crippen molar-refractivity contribution in [2.24, 2.45) is 0 Å². The van der Waals surface area contributed by atoms with Crippen molar-refractivity contribution in [2.45, 2.75) is 62.5 Å². The first-order chi connectivity index (χ1) is 18.1. The number of nitro groups is 1. The SMILES string of the molecule is O=C(COC1CCC(Nc2ccc([N+](=O)[O-])c(C(F)(F)F)c2)CC1)N1CC2CC1CN2c1ccc(Cl)cc1. The van der Waals surface area contributed by atoms with E-state index in [0.29, 0.717) is 37.3 Å². The molecule has 1 aliphatic carbocycles. The van der Waals surface area contributed by atoms with Gasteiger partial charge in [-0.25, -0.2) is 0 Å². The minimum atomic E-state index is -4.82. The van der Waals surface area contributed by atoms with Crippen LogP contribution in [0.25, 0.3) is 0 Å². The quantitative estimate of drug-likeness (QED) is 0.361. The molecule has 38 heavy (non-hydrogen) atoms. The fourth-order valence-corrected chi connectivity index (χ4v) is 5.94. The Kier molecular flexibility index (Phi) is 7.41. The standard InChI is InChI=1S/C26H28ClF3N4O4/c27-16-1-6-19(7-2-16)32-13-21-12-20(32)14-33(21)25(35)15-38-22-8-3-17(4-9-22)31-18-5-10-24(34(36)37)23(11-18)26(28,29)30/h1-2,5-7,10-11,17,20-22,31H,3-4,8-9,12-15H2. The van der Waals surface area contributed by atoms with Crippen molar-refractivity contribution in [1.29, 1.82) is 0 Å². The zero-order chi connectivity index (χ0) is 27.0. The largest absolute Gasteiger partial charge is 0.423 e. The summed E-state index contributed by atoms with van der Waals surface area (Å²) in [4.78, 5) is 27.0. The van der Waals surface area contributed by atoms with Crippen molar-refractivity contribution in [3.8, 4) is 0 Å². The zero-order valence-electron chi connectivity index (χ0n) is 20.5. The van der Waals surface area contributed by atoms with Crippen molar-refractivity contribution < 1.29 is 27.6 Å². The van der Waals surface area contributed by atoms with Crippen molar-refractivity contribution in [2.75, 3.05) is 29.9 Å². The Bertz CT molecular complexity index is 1190. The number of halogens is 4. The molecule has 0 radical (unpaired) electrons. The van der Waals surface area contributed by atoms with Crippen LogP contribution in [-0.2, 0) is 15.7 Å². The molecule has 2 bridgehead atoms. The van der Waals surface area contributed by atoms with Gasteiger partial charge < -0.3 is 19.9 Å². The van der Waals surface area contributed by atoms with Gasteiger partial charge in [0.05, 0.1) is 17.1 Å². The molecule has 2 atom stereocenters. The predicted octanol–water partition coefficient (Wildman–Crippen LogP) is 5.50. The topological polar surface area (TPSA) is 87.9 Å². The number of piperazine rings is 1. The third-order valence-corrected chi connectivity index (χ3v) is 7.96. The number of carbonyl (C=O) groups is 1. The first kappa shape index (κ1) is 26.6. The number of hydrogen-bond acceptors (Lipinski definition) is 6. The molecule has 5 rings (SSSR count). The molecule has 2 aromatic rings. The monoisotopic (exact) mass is 552 g/mol. The highest BCUT2D eigenvalue weighted by Crippen LogP contribution is 2.38. The Morgan fingerprint density at radius 2 is 1.79 bits per heavy atom. The molecule has 2 saturated heterocycles. The van der Waals surface area contributed by atoms with Crippen molar-refractivity contribution in [3.05, 3.63) is 63.2 Å². The number of hydrogen-bond donors (Lipinski definition) is 1. The Hall–Kier alpha value is -3.05. The summed E-state index contributed by atoms with van der Waals surface area (Å²) in [6.45, 7) is 1.47. The molecule has 2 unspecified atom stereocenters. The molecule has 2 heterocycles. The minimum Gasteiger partial charge on any atom is -0.382 e. The molecule has 204 valence electrons. The van der Waals surface area contributed by atoms with E-state index in [1.54, 1.807) is 0 Å². The zero-order valence-corrected chi connectivity index (χ0v) is 21.3. The van der Waals surface area contributed by atoms with Crippen LogP contribution in [0.3, 0.4) is 0 Å². The molecular weight excluding hydrogens is 525 g/mol. The average Bonchev–Trinajstić information content (AvgIpc) is 3.49. The van der Waals surface area contributed by atoms with Crippen LogP contribution in [0.5, 0.6) is 0 Å². The van der Waals surface area contributed by atoms with E-state index in [9.17, 15) is 28.1 Å². The molecule has 0 aromatic heterocycles. The van der Waals surface area contributed by atoms with Crippen LogP contribution in [0.4, 0.5) is 30.2 Å². The molecule has 2 aliphatic heterocycles. The van der Waals surface area contributed by atoms with Gasteiger partial charge in [-0.15, -0.1) is 0 Å². The Morgan fingerprint density at radius 1 is 1.08 bits per heavy atom. The van der Waals surface area contributed by atoms with Gasteiger partial charge in [0.2, 0.25) is 5.91 Å². The number of nitrogens with one attached hydrogen (secondary N) is 1. The molecule has 0 spiro atoms. The maximum absolute atomic E-state index is 13.3. The van der Waals surface area contributed by atoms with Crippen LogP contribution in [0.15, 0.2) is 42.5 Å². The number of nitrogens with zero attached hydrogens (tertiary/aromatic N) is 3. The number of nitro benzene ring substituents is 1.